The molecule has 0 spiro atoms. The minimum atomic E-state index is -3.97. The van der Waals surface area contributed by atoms with Crippen LogP contribution < -0.4 is 10.0 Å². The molecular formula is C15H20N4O4S2. The predicted octanol–water partition coefficient (Wildman–Crippen LogP) is 1.26. The predicted molar refractivity (Wildman–Crippen MR) is 93.3 cm³/mol. The van der Waals surface area contributed by atoms with E-state index in [4.69, 9.17) is 0 Å². The zero-order valence-corrected chi connectivity index (χ0v) is 15.6. The van der Waals surface area contributed by atoms with E-state index in [9.17, 15) is 18.3 Å². The lowest BCUT2D eigenvalue weighted by molar-refractivity contribution is 0.0692. The average Bonchev–Trinajstić information content (AvgIpc) is 3.16. The highest BCUT2D eigenvalue weighted by Crippen LogP contribution is 2.35. The molecule has 2 aromatic heterocycles. The zero-order valence-electron chi connectivity index (χ0n) is 13.9. The number of nitrogens with zero attached hydrogens (tertiary/aromatic N) is 2. The molecule has 25 heavy (non-hydrogen) atoms. The highest BCUT2D eigenvalue weighted by atomic mass is 32.2. The Morgan fingerprint density at radius 1 is 1.56 bits per heavy atom. The van der Waals surface area contributed by atoms with E-state index in [1.54, 1.807) is 24.0 Å². The number of thiophene rings is 1. The van der Waals surface area contributed by atoms with Crippen LogP contribution in [0.2, 0.25) is 0 Å². The van der Waals surface area contributed by atoms with Gasteiger partial charge in [-0.25, -0.2) is 17.9 Å². The molecule has 0 unspecified atom stereocenters. The molecule has 0 amide bonds. The maximum absolute atomic E-state index is 12.9. The molecule has 1 aliphatic rings. The van der Waals surface area contributed by atoms with Crippen LogP contribution in [0.1, 0.15) is 45.9 Å². The van der Waals surface area contributed by atoms with Gasteiger partial charge in [-0.15, -0.1) is 11.3 Å². The molecule has 3 heterocycles. The third-order valence-electron chi connectivity index (χ3n) is 4.28. The van der Waals surface area contributed by atoms with Crippen molar-refractivity contribution in [3.8, 4) is 0 Å². The Bertz CT molecular complexity index is 901. The second-order valence-electron chi connectivity index (χ2n) is 5.86. The summed E-state index contributed by atoms with van der Waals surface area (Å²) in [7, 11) is -2.22. The van der Waals surface area contributed by atoms with E-state index in [0.717, 1.165) is 21.9 Å². The number of carboxylic acids is 1. The molecule has 0 bridgehead atoms. The fourth-order valence-electron chi connectivity index (χ4n) is 3.03. The zero-order chi connectivity index (χ0) is 18.2. The van der Waals surface area contributed by atoms with E-state index in [1.165, 1.54) is 0 Å². The van der Waals surface area contributed by atoms with Crippen LogP contribution in [0.5, 0.6) is 0 Å². The first kappa shape index (κ1) is 18.1. The number of sulfonamides is 1. The van der Waals surface area contributed by atoms with E-state index >= 15 is 0 Å². The van der Waals surface area contributed by atoms with Crippen molar-refractivity contribution in [3.63, 3.8) is 0 Å². The lowest BCUT2D eigenvalue weighted by atomic mass is 10.1. The first-order chi connectivity index (χ1) is 11.8. The smallest absolute Gasteiger partial charge is 0.338 e. The Morgan fingerprint density at radius 3 is 2.92 bits per heavy atom. The van der Waals surface area contributed by atoms with Crippen molar-refractivity contribution in [3.05, 3.63) is 34.0 Å². The van der Waals surface area contributed by atoms with Crippen molar-refractivity contribution < 1.29 is 18.3 Å². The van der Waals surface area contributed by atoms with Gasteiger partial charge in [-0.1, -0.05) is 6.92 Å². The molecule has 0 aromatic carbocycles. The summed E-state index contributed by atoms with van der Waals surface area (Å²) < 4.78 is 30.0. The quantitative estimate of drug-likeness (QED) is 0.691. The van der Waals surface area contributed by atoms with E-state index in [-0.39, 0.29) is 9.77 Å². The second kappa shape index (κ2) is 6.87. The number of hydrogen-bond donors (Lipinski definition) is 3. The molecule has 0 saturated carbocycles. The lowest BCUT2D eigenvalue weighted by Crippen LogP contribution is -2.30. The van der Waals surface area contributed by atoms with Gasteiger partial charge in [0, 0.05) is 24.7 Å². The lowest BCUT2D eigenvalue weighted by Gasteiger charge is -2.17. The Kier molecular flexibility index (Phi) is 4.96. The number of aromatic carboxylic acids is 1. The number of carboxylic acid groups (broad SMARTS) is 1. The largest absolute Gasteiger partial charge is 0.478 e. The maximum atomic E-state index is 12.9. The van der Waals surface area contributed by atoms with Gasteiger partial charge in [-0.2, -0.15) is 5.10 Å². The number of aromatic nitrogens is 2. The first-order valence-electron chi connectivity index (χ1n) is 7.94. The summed E-state index contributed by atoms with van der Waals surface area (Å²) in [6, 6.07) is 1.27. The first-order valence-corrected chi connectivity index (χ1v) is 10.2. The summed E-state index contributed by atoms with van der Waals surface area (Å²) in [4.78, 5) is 12.5. The molecule has 1 atom stereocenters. The van der Waals surface area contributed by atoms with Crippen molar-refractivity contribution in [1.82, 2.24) is 19.8 Å². The van der Waals surface area contributed by atoms with Crippen molar-refractivity contribution >= 4 is 27.3 Å². The molecule has 0 saturated heterocycles. The fraction of sp³-hybridized carbons (Fsp3) is 0.467. The molecule has 8 nitrogen and oxygen atoms in total. The van der Waals surface area contributed by atoms with Crippen molar-refractivity contribution in [2.45, 2.75) is 36.6 Å². The minimum absolute atomic E-state index is 0.0890. The normalized spacial score (nSPS) is 15.8. The van der Waals surface area contributed by atoms with Crippen molar-refractivity contribution in [1.29, 1.82) is 0 Å². The van der Waals surface area contributed by atoms with Crippen molar-refractivity contribution in [2.75, 3.05) is 6.54 Å². The van der Waals surface area contributed by atoms with Crippen LogP contribution in [0.3, 0.4) is 0 Å². The number of rotatable bonds is 6. The molecule has 2 aromatic rings. The van der Waals surface area contributed by atoms with Gasteiger partial charge < -0.3 is 10.4 Å². The van der Waals surface area contributed by atoms with Crippen LogP contribution in [0.25, 0.3) is 0 Å². The molecule has 3 rings (SSSR count). The Morgan fingerprint density at radius 2 is 2.32 bits per heavy atom. The van der Waals surface area contributed by atoms with Crippen LogP contribution in [0.4, 0.5) is 0 Å². The van der Waals surface area contributed by atoms with Crippen LogP contribution >= 0.6 is 11.3 Å². The highest BCUT2D eigenvalue weighted by molar-refractivity contribution is 7.91. The minimum Gasteiger partial charge on any atom is -0.478 e. The molecule has 0 aliphatic carbocycles. The van der Waals surface area contributed by atoms with Crippen LogP contribution in [-0.2, 0) is 30.0 Å². The molecule has 1 aliphatic heterocycles. The fourth-order valence-corrected chi connectivity index (χ4v) is 6.21. The summed E-state index contributed by atoms with van der Waals surface area (Å²) in [5.41, 5.74) is 1.27. The summed E-state index contributed by atoms with van der Waals surface area (Å²) >= 11 is 1.03. The van der Waals surface area contributed by atoms with Gasteiger partial charge in [0.1, 0.15) is 4.21 Å². The number of fused-ring (bicyclic) bond motifs is 1. The van der Waals surface area contributed by atoms with E-state index in [2.05, 4.69) is 15.1 Å². The summed E-state index contributed by atoms with van der Waals surface area (Å²) in [6.45, 7) is 3.00. The van der Waals surface area contributed by atoms with Gasteiger partial charge in [0.15, 0.2) is 0 Å². The monoisotopic (exact) mass is 384 g/mol. The highest BCUT2D eigenvalue weighted by Gasteiger charge is 2.33. The van der Waals surface area contributed by atoms with Gasteiger partial charge in [-0.3, -0.25) is 4.68 Å². The maximum Gasteiger partial charge on any atom is 0.338 e. The number of carbonyl (C=O) groups is 1. The number of nitrogens with one attached hydrogen (secondary N) is 2. The van der Waals surface area contributed by atoms with E-state index < -0.39 is 22.0 Å². The number of aryl methyl sites for hydroxylation is 1. The Labute approximate surface area is 149 Å². The third-order valence-corrected chi connectivity index (χ3v) is 7.50. The van der Waals surface area contributed by atoms with Crippen LogP contribution in [-0.4, -0.2) is 35.8 Å². The Hall–Kier alpha value is -1.75. The number of hydrogen-bond acceptors (Lipinski definition) is 6. The summed E-state index contributed by atoms with van der Waals surface area (Å²) in [6.07, 6.45) is 2.64. The topological polar surface area (TPSA) is 113 Å². The van der Waals surface area contributed by atoms with Gasteiger partial charge in [0.05, 0.1) is 17.3 Å². The van der Waals surface area contributed by atoms with Crippen molar-refractivity contribution in [2.24, 2.45) is 7.05 Å². The van der Waals surface area contributed by atoms with E-state index in [1.807, 2.05) is 6.92 Å². The molecule has 0 fully saturated rings. The Balaban J connectivity index is 2.01. The molecule has 136 valence electrons. The summed E-state index contributed by atoms with van der Waals surface area (Å²) in [5, 5.41) is 16.8. The third kappa shape index (κ3) is 3.34. The van der Waals surface area contributed by atoms with Gasteiger partial charge in [0.2, 0.25) is 0 Å². The van der Waals surface area contributed by atoms with Crippen LogP contribution in [0, 0.1) is 0 Å². The standard InChI is InChI=1S/C15H20N4O4S2/c1-3-10(11-5-7-17-19(11)2)18-25(22,23)15-13(14(20)21)9-4-6-16-8-12(9)24-15/h5,7,10,16,18H,3-4,6,8H2,1-2H3,(H,20,21)/t10-/m0/s1. The SMILES string of the molecule is CC[C@H](NS(=O)(=O)c1sc2c(c1C(=O)O)CCNC2)c1ccnn1C. The molecule has 0 radical (unpaired) electrons. The van der Waals surface area contributed by atoms with E-state index in [0.29, 0.717) is 31.5 Å². The molecule has 10 heteroatoms. The molecule has 3 N–H and O–H groups in total. The van der Waals surface area contributed by atoms with Gasteiger partial charge in [-0.05, 0) is 31.0 Å². The second-order valence-corrected chi connectivity index (χ2v) is 8.87. The van der Waals surface area contributed by atoms with Gasteiger partial charge >= 0.3 is 5.97 Å². The van der Waals surface area contributed by atoms with Gasteiger partial charge in [0.25, 0.3) is 10.0 Å². The van der Waals surface area contributed by atoms with Crippen LogP contribution in [0.15, 0.2) is 16.5 Å². The average molecular weight is 384 g/mol. The summed E-state index contributed by atoms with van der Waals surface area (Å²) in [5.74, 6) is -1.20. The molecular weight excluding hydrogens is 364 g/mol.